The monoisotopic (exact) mass is 507 g/mol. The lowest BCUT2D eigenvalue weighted by atomic mass is 9.75. The lowest BCUT2D eigenvalue weighted by Crippen LogP contribution is -2.41. The first-order valence-electron chi connectivity index (χ1n) is 12.5. The summed E-state index contributed by atoms with van der Waals surface area (Å²) in [6.07, 6.45) is 3.43. The summed E-state index contributed by atoms with van der Waals surface area (Å²) < 4.78 is 38.2. The molecule has 1 saturated carbocycles. The van der Waals surface area contributed by atoms with Crippen molar-refractivity contribution in [1.29, 1.82) is 0 Å². The summed E-state index contributed by atoms with van der Waals surface area (Å²) in [5.74, 6) is -0.501. The number of hydrogen-bond donors (Lipinski definition) is 0. The summed E-state index contributed by atoms with van der Waals surface area (Å²) in [5.41, 5.74) is 0.332. The third kappa shape index (κ3) is 6.91. The molecule has 3 atom stereocenters. The molecule has 0 spiro atoms. The van der Waals surface area contributed by atoms with E-state index in [1.54, 1.807) is 12.1 Å². The van der Waals surface area contributed by atoms with Gasteiger partial charge in [-0.15, -0.1) is 0 Å². The minimum atomic E-state index is -3.77. The second-order valence-electron chi connectivity index (χ2n) is 10.2. The Morgan fingerprint density at radius 2 is 1.77 bits per heavy atom. The number of piperidine rings is 1. The maximum absolute atomic E-state index is 13.0. The molecule has 9 heteroatoms. The topological polar surface area (TPSA) is 107 Å². The van der Waals surface area contributed by atoms with E-state index in [4.69, 9.17) is 9.47 Å². The van der Waals surface area contributed by atoms with E-state index in [-0.39, 0.29) is 29.9 Å². The van der Waals surface area contributed by atoms with Gasteiger partial charge in [0, 0.05) is 18.7 Å². The largest absolute Gasteiger partial charge is 0.460 e. The van der Waals surface area contributed by atoms with E-state index >= 15 is 0 Å². The number of rotatable bonds is 8. The van der Waals surface area contributed by atoms with E-state index in [2.05, 4.69) is 20.8 Å². The lowest BCUT2D eigenvalue weighted by molar-refractivity contribution is -0.169. The number of ether oxygens (including phenoxy) is 2. The zero-order chi connectivity index (χ0) is 25.8. The van der Waals surface area contributed by atoms with Gasteiger partial charge in [-0.3, -0.25) is 9.59 Å². The molecule has 35 heavy (non-hydrogen) atoms. The van der Waals surface area contributed by atoms with Gasteiger partial charge in [-0.25, -0.2) is 13.2 Å². The number of sulfonamides is 1. The molecule has 0 unspecified atom stereocenters. The first-order valence-corrected chi connectivity index (χ1v) is 13.9. The quantitative estimate of drug-likeness (QED) is 0.389. The Morgan fingerprint density at radius 1 is 1.09 bits per heavy atom. The summed E-state index contributed by atoms with van der Waals surface area (Å²) in [7, 11) is -3.77. The number of Topliss-reactive ketones (excluding diaryl/α,β-unsaturated/α-hetero) is 1. The molecule has 2 aliphatic rings. The summed E-state index contributed by atoms with van der Waals surface area (Å²) in [4.78, 5) is 36.6. The van der Waals surface area contributed by atoms with Gasteiger partial charge in [-0.05, 0) is 62.5 Å². The fraction of sp³-hybridized carbons (Fsp3) is 0.654. The van der Waals surface area contributed by atoms with E-state index in [0.29, 0.717) is 36.2 Å². The first kappa shape index (κ1) is 27.3. The van der Waals surface area contributed by atoms with Crippen LogP contribution in [0.1, 0.15) is 70.2 Å². The van der Waals surface area contributed by atoms with Crippen molar-refractivity contribution in [3.8, 4) is 0 Å². The SMILES string of the molecule is CC(=O)c1cccc(S(=O)(=O)N2CCC(C(=O)OCC(=O)O[C@@H]3C[C@@H](C)CC[C@@H]3C(C)C)CC2)c1. The molecule has 1 aromatic carbocycles. The fourth-order valence-electron chi connectivity index (χ4n) is 5.06. The van der Waals surface area contributed by atoms with E-state index in [9.17, 15) is 22.8 Å². The van der Waals surface area contributed by atoms with Gasteiger partial charge < -0.3 is 9.47 Å². The molecule has 0 N–H and O–H groups in total. The van der Waals surface area contributed by atoms with E-state index < -0.39 is 34.5 Å². The van der Waals surface area contributed by atoms with Gasteiger partial charge in [0.25, 0.3) is 0 Å². The van der Waals surface area contributed by atoms with E-state index in [1.807, 2.05) is 0 Å². The van der Waals surface area contributed by atoms with Crippen molar-refractivity contribution in [2.24, 2.45) is 23.7 Å². The van der Waals surface area contributed by atoms with Crippen LogP contribution in [0.25, 0.3) is 0 Å². The van der Waals surface area contributed by atoms with Crippen LogP contribution in [0, 0.1) is 23.7 Å². The van der Waals surface area contributed by atoms with Crippen molar-refractivity contribution in [1.82, 2.24) is 4.31 Å². The summed E-state index contributed by atoms with van der Waals surface area (Å²) in [6, 6.07) is 5.96. The van der Waals surface area contributed by atoms with Crippen LogP contribution < -0.4 is 0 Å². The lowest BCUT2D eigenvalue weighted by Gasteiger charge is -2.36. The molecule has 8 nitrogen and oxygen atoms in total. The molecular formula is C26H37NO7S. The number of benzene rings is 1. The number of carbonyl (C=O) groups is 3. The predicted octanol–water partition coefficient (Wildman–Crippen LogP) is 3.84. The van der Waals surface area contributed by atoms with Crippen LogP contribution in [0.2, 0.25) is 0 Å². The van der Waals surface area contributed by atoms with Crippen LogP contribution in [0.3, 0.4) is 0 Å². The number of carbonyl (C=O) groups excluding carboxylic acids is 3. The van der Waals surface area contributed by atoms with Gasteiger partial charge in [0.15, 0.2) is 12.4 Å². The normalized spacial score (nSPS) is 24.2. The average molecular weight is 508 g/mol. The van der Waals surface area contributed by atoms with Crippen LogP contribution in [0.5, 0.6) is 0 Å². The van der Waals surface area contributed by atoms with Gasteiger partial charge in [-0.2, -0.15) is 4.31 Å². The highest BCUT2D eigenvalue weighted by Crippen LogP contribution is 2.35. The smallest absolute Gasteiger partial charge is 0.344 e. The zero-order valence-electron chi connectivity index (χ0n) is 21.1. The molecule has 3 rings (SSSR count). The number of nitrogens with zero attached hydrogens (tertiary/aromatic N) is 1. The Balaban J connectivity index is 1.49. The number of esters is 2. The summed E-state index contributed by atoms with van der Waals surface area (Å²) >= 11 is 0. The van der Waals surface area contributed by atoms with Crippen molar-refractivity contribution < 1.29 is 32.3 Å². The minimum Gasteiger partial charge on any atom is -0.460 e. The maximum atomic E-state index is 13.0. The minimum absolute atomic E-state index is 0.0608. The highest BCUT2D eigenvalue weighted by atomic mass is 32.2. The van der Waals surface area contributed by atoms with Crippen LogP contribution in [0.15, 0.2) is 29.2 Å². The molecule has 2 fully saturated rings. The van der Waals surface area contributed by atoms with Crippen LogP contribution in [-0.4, -0.2) is 56.2 Å². The maximum Gasteiger partial charge on any atom is 0.344 e. The van der Waals surface area contributed by atoms with Crippen LogP contribution >= 0.6 is 0 Å². The number of hydrogen-bond acceptors (Lipinski definition) is 7. The highest BCUT2D eigenvalue weighted by Gasteiger charge is 2.35. The predicted molar refractivity (Wildman–Crippen MR) is 130 cm³/mol. The highest BCUT2D eigenvalue weighted by molar-refractivity contribution is 7.89. The molecule has 0 radical (unpaired) electrons. The molecule has 1 saturated heterocycles. The standard InChI is InChI=1S/C26H37NO7S/c1-17(2)23-9-8-18(3)14-24(23)34-25(29)16-33-26(30)20-10-12-27(13-11-20)35(31,32)22-7-5-6-21(15-22)19(4)28/h5-7,15,17-18,20,23-24H,8-14,16H2,1-4H3/t18-,23+,24+/m0/s1. The van der Waals surface area contributed by atoms with Crippen molar-refractivity contribution in [3.63, 3.8) is 0 Å². The Kier molecular flexibility index (Phi) is 9.10. The van der Waals surface area contributed by atoms with Crippen molar-refractivity contribution >= 4 is 27.7 Å². The van der Waals surface area contributed by atoms with Gasteiger partial charge in [0.1, 0.15) is 6.10 Å². The van der Waals surface area contributed by atoms with Crippen molar-refractivity contribution in [3.05, 3.63) is 29.8 Å². The molecule has 0 bridgehead atoms. The van der Waals surface area contributed by atoms with E-state index in [1.165, 1.54) is 23.4 Å². The van der Waals surface area contributed by atoms with Crippen LogP contribution in [0.4, 0.5) is 0 Å². The van der Waals surface area contributed by atoms with Crippen molar-refractivity contribution in [2.75, 3.05) is 19.7 Å². The Labute approximate surface area is 208 Å². The fourth-order valence-corrected chi connectivity index (χ4v) is 6.57. The van der Waals surface area contributed by atoms with Gasteiger partial charge in [0.05, 0.1) is 10.8 Å². The third-order valence-electron chi connectivity index (χ3n) is 7.24. The molecule has 1 aromatic rings. The number of ketones is 1. The Morgan fingerprint density at radius 3 is 2.40 bits per heavy atom. The zero-order valence-corrected chi connectivity index (χ0v) is 21.9. The molecule has 1 heterocycles. The second kappa shape index (κ2) is 11.6. The van der Waals surface area contributed by atoms with Gasteiger partial charge >= 0.3 is 11.9 Å². The summed E-state index contributed by atoms with van der Waals surface area (Å²) in [5, 5.41) is 0. The molecule has 1 aliphatic carbocycles. The molecular weight excluding hydrogens is 470 g/mol. The van der Waals surface area contributed by atoms with Crippen molar-refractivity contribution in [2.45, 2.75) is 70.8 Å². The van der Waals surface area contributed by atoms with E-state index in [0.717, 1.165) is 19.3 Å². The molecule has 1 aliphatic heterocycles. The Hall–Kier alpha value is -2.26. The third-order valence-corrected chi connectivity index (χ3v) is 9.14. The Bertz CT molecular complexity index is 1030. The van der Waals surface area contributed by atoms with Crippen LogP contribution in [-0.2, 0) is 29.1 Å². The second-order valence-corrected chi connectivity index (χ2v) is 12.2. The van der Waals surface area contributed by atoms with Gasteiger partial charge in [0.2, 0.25) is 10.0 Å². The average Bonchev–Trinajstić information content (AvgIpc) is 2.82. The first-order chi connectivity index (χ1) is 16.5. The molecule has 0 aromatic heterocycles. The van der Waals surface area contributed by atoms with Gasteiger partial charge in [-0.1, -0.05) is 39.3 Å². The summed E-state index contributed by atoms with van der Waals surface area (Å²) in [6.45, 7) is 7.70. The molecule has 0 amide bonds. The molecule has 194 valence electrons.